The largest absolute Gasteiger partial charge is 0.507 e. The molecule has 0 bridgehead atoms. The SMILES string of the molecule is Cc1cccc(CNCCc2ccncc2)c1O. The second-order valence-corrected chi connectivity index (χ2v) is 4.36. The Kier molecular flexibility index (Phi) is 4.31. The average Bonchev–Trinajstić information content (AvgIpc) is 2.40. The molecule has 3 nitrogen and oxygen atoms in total. The van der Waals surface area contributed by atoms with Crippen molar-refractivity contribution in [3.05, 3.63) is 59.4 Å². The van der Waals surface area contributed by atoms with Gasteiger partial charge >= 0.3 is 0 Å². The van der Waals surface area contributed by atoms with Gasteiger partial charge in [-0.3, -0.25) is 4.98 Å². The predicted molar refractivity (Wildman–Crippen MR) is 72.5 cm³/mol. The van der Waals surface area contributed by atoms with Crippen LogP contribution >= 0.6 is 0 Å². The summed E-state index contributed by atoms with van der Waals surface area (Å²) in [6, 6.07) is 9.87. The van der Waals surface area contributed by atoms with Gasteiger partial charge in [-0.25, -0.2) is 0 Å². The number of para-hydroxylation sites is 1. The predicted octanol–water partition coefficient (Wildman–Crippen LogP) is 2.43. The normalized spacial score (nSPS) is 10.5. The smallest absolute Gasteiger partial charge is 0.122 e. The number of nitrogens with one attached hydrogen (secondary N) is 1. The summed E-state index contributed by atoms with van der Waals surface area (Å²) in [4.78, 5) is 3.99. The quantitative estimate of drug-likeness (QED) is 0.791. The van der Waals surface area contributed by atoms with Crippen LogP contribution in [0.5, 0.6) is 5.75 Å². The van der Waals surface area contributed by atoms with Crippen LogP contribution < -0.4 is 5.32 Å². The van der Waals surface area contributed by atoms with E-state index in [4.69, 9.17) is 0 Å². The Morgan fingerprint density at radius 1 is 1.17 bits per heavy atom. The van der Waals surface area contributed by atoms with Gasteiger partial charge in [-0.05, 0) is 43.1 Å². The van der Waals surface area contributed by atoms with Crippen molar-refractivity contribution in [1.29, 1.82) is 0 Å². The summed E-state index contributed by atoms with van der Waals surface area (Å²) in [6.45, 7) is 3.49. The summed E-state index contributed by atoms with van der Waals surface area (Å²) in [5.74, 6) is 0.397. The van der Waals surface area contributed by atoms with Crippen molar-refractivity contribution in [3.8, 4) is 5.75 Å². The molecule has 0 atom stereocenters. The van der Waals surface area contributed by atoms with E-state index < -0.39 is 0 Å². The van der Waals surface area contributed by atoms with Crippen LogP contribution in [-0.4, -0.2) is 16.6 Å². The summed E-state index contributed by atoms with van der Waals surface area (Å²) in [6.07, 6.45) is 4.58. The summed E-state index contributed by atoms with van der Waals surface area (Å²) < 4.78 is 0. The number of phenolic OH excluding ortho intramolecular Hbond substituents is 1. The number of nitrogens with zero attached hydrogens (tertiary/aromatic N) is 1. The van der Waals surface area contributed by atoms with Gasteiger partial charge in [0, 0.05) is 24.5 Å². The molecule has 0 aliphatic carbocycles. The standard InChI is InChI=1S/C15H18N2O/c1-12-3-2-4-14(15(12)18)11-17-10-7-13-5-8-16-9-6-13/h2-6,8-9,17-18H,7,10-11H2,1H3. The first kappa shape index (κ1) is 12.6. The van der Waals surface area contributed by atoms with E-state index in [1.54, 1.807) is 0 Å². The number of hydrogen-bond donors (Lipinski definition) is 2. The molecule has 1 aromatic carbocycles. The van der Waals surface area contributed by atoms with E-state index in [0.717, 1.165) is 24.1 Å². The average molecular weight is 242 g/mol. The maximum absolute atomic E-state index is 9.87. The number of aromatic nitrogens is 1. The zero-order valence-corrected chi connectivity index (χ0v) is 10.6. The maximum Gasteiger partial charge on any atom is 0.122 e. The number of aryl methyl sites for hydroxylation is 1. The summed E-state index contributed by atoms with van der Waals surface area (Å²) in [7, 11) is 0. The second-order valence-electron chi connectivity index (χ2n) is 4.36. The first-order valence-electron chi connectivity index (χ1n) is 6.14. The molecule has 3 heteroatoms. The van der Waals surface area contributed by atoms with Crippen LogP contribution in [0.1, 0.15) is 16.7 Å². The molecule has 1 aromatic heterocycles. The van der Waals surface area contributed by atoms with Crippen LogP contribution in [0.4, 0.5) is 0 Å². The Hall–Kier alpha value is -1.87. The molecule has 2 N–H and O–H groups in total. The van der Waals surface area contributed by atoms with Gasteiger partial charge in [0.15, 0.2) is 0 Å². The minimum absolute atomic E-state index is 0.397. The minimum atomic E-state index is 0.397. The van der Waals surface area contributed by atoms with Crippen molar-refractivity contribution in [2.45, 2.75) is 19.9 Å². The fraction of sp³-hybridized carbons (Fsp3) is 0.267. The van der Waals surface area contributed by atoms with E-state index in [0.29, 0.717) is 12.3 Å². The van der Waals surface area contributed by atoms with Crippen molar-refractivity contribution in [3.63, 3.8) is 0 Å². The Morgan fingerprint density at radius 2 is 1.94 bits per heavy atom. The highest BCUT2D eigenvalue weighted by molar-refractivity contribution is 5.39. The van der Waals surface area contributed by atoms with Gasteiger partial charge in [-0.2, -0.15) is 0 Å². The van der Waals surface area contributed by atoms with E-state index in [2.05, 4.69) is 10.3 Å². The van der Waals surface area contributed by atoms with Crippen molar-refractivity contribution < 1.29 is 5.11 Å². The monoisotopic (exact) mass is 242 g/mol. The second kappa shape index (κ2) is 6.17. The maximum atomic E-state index is 9.87. The first-order valence-corrected chi connectivity index (χ1v) is 6.14. The number of pyridine rings is 1. The zero-order chi connectivity index (χ0) is 12.8. The molecule has 0 aliphatic rings. The Labute approximate surface area is 108 Å². The zero-order valence-electron chi connectivity index (χ0n) is 10.6. The number of rotatable bonds is 5. The molecule has 0 aliphatic heterocycles. The molecule has 0 fully saturated rings. The first-order chi connectivity index (χ1) is 8.77. The van der Waals surface area contributed by atoms with Crippen LogP contribution in [0.15, 0.2) is 42.7 Å². The molecule has 0 saturated carbocycles. The lowest BCUT2D eigenvalue weighted by Crippen LogP contribution is -2.16. The molecule has 0 radical (unpaired) electrons. The third-order valence-electron chi connectivity index (χ3n) is 2.98. The molecule has 18 heavy (non-hydrogen) atoms. The molecular formula is C15H18N2O. The van der Waals surface area contributed by atoms with E-state index in [-0.39, 0.29) is 0 Å². The summed E-state index contributed by atoms with van der Waals surface area (Å²) in [5, 5.41) is 13.2. The lowest BCUT2D eigenvalue weighted by Gasteiger charge is -2.08. The van der Waals surface area contributed by atoms with Crippen molar-refractivity contribution in [2.75, 3.05) is 6.54 Å². The molecular weight excluding hydrogens is 224 g/mol. The number of benzene rings is 1. The van der Waals surface area contributed by atoms with E-state index in [1.807, 2.05) is 49.6 Å². The molecule has 2 rings (SSSR count). The third-order valence-corrected chi connectivity index (χ3v) is 2.98. The van der Waals surface area contributed by atoms with Gasteiger partial charge in [0.1, 0.15) is 5.75 Å². The van der Waals surface area contributed by atoms with Gasteiger partial charge < -0.3 is 10.4 Å². The topological polar surface area (TPSA) is 45.2 Å². The van der Waals surface area contributed by atoms with Crippen LogP contribution in [0.25, 0.3) is 0 Å². The molecule has 2 aromatic rings. The molecule has 0 saturated heterocycles. The van der Waals surface area contributed by atoms with Crippen molar-refractivity contribution in [1.82, 2.24) is 10.3 Å². The van der Waals surface area contributed by atoms with Crippen LogP contribution in [-0.2, 0) is 13.0 Å². The van der Waals surface area contributed by atoms with Crippen LogP contribution in [0.3, 0.4) is 0 Å². The Balaban J connectivity index is 1.81. The van der Waals surface area contributed by atoms with Crippen molar-refractivity contribution in [2.24, 2.45) is 0 Å². The van der Waals surface area contributed by atoms with E-state index in [9.17, 15) is 5.11 Å². The van der Waals surface area contributed by atoms with E-state index >= 15 is 0 Å². The highest BCUT2D eigenvalue weighted by atomic mass is 16.3. The Bertz CT molecular complexity index is 497. The van der Waals surface area contributed by atoms with Gasteiger partial charge in [-0.1, -0.05) is 18.2 Å². The highest BCUT2D eigenvalue weighted by Gasteiger charge is 2.02. The lowest BCUT2D eigenvalue weighted by molar-refractivity contribution is 0.460. The minimum Gasteiger partial charge on any atom is -0.507 e. The van der Waals surface area contributed by atoms with Gasteiger partial charge in [0.05, 0.1) is 0 Å². The number of aromatic hydroxyl groups is 1. The van der Waals surface area contributed by atoms with Gasteiger partial charge in [0.2, 0.25) is 0 Å². The summed E-state index contributed by atoms with van der Waals surface area (Å²) in [5.41, 5.74) is 3.14. The molecule has 94 valence electrons. The highest BCUT2D eigenvalue weighted by Crippen LogP contribution is 2.20. The third kappa shape index (κ3) is 3.31. The van der Waals surface area contributed by atoms with Gasteiger partial charge in [-0.15, -0.1) is 0 Å². The lowest BCUT2D eigenvalue weighted by atomic mass is 10.1. The Morgan fingerprint density at radius 3 is 2.72 bits per heavy atom. The van der Waals surface area contributed by atoms with E-state index in [1.165, 1.54) is 5.56 Å². The molecule has 1 heterocycles. The van der Waals surface area contributed by atoms with Crippen LogP contribution in [0, 0.1) is 6.92 Å². The summed E-state index contributed by atoms with van der Waals surface area (Å²) >= 11 is 0. The molecule has 0 amide bonds. The molecule has 0 unspecified atom stereocenters. The number of phenols is 1. The molecule has 0 spiro atoms. The van der Waals surface area contributed by atoms with Gasteiger partial charge in [0.25, 0.3) is 0 Å². The fourth-order valence-electron chi connectivity index (χ4n) is 1.87. The van der Waals surface area contributed by atoms with Crippen molar-refractivity contribution >= 4 is 0 Å². The fourth-order valence-corrected chi connectivity index (χ4v) is 1.87. The van der Waals surface area contributed by atoms with Crippen LogP contribution in [0.2, 0.25) is 0 Å². The number of hydrogen-bond acceptors (Lipinski definition) is 3.